The van der Waals surface area contributed by atoms with Crippen molar-refractivity contribution in [3.8, 4) is 0 Å². The molecule has 0 spiro atoms. The zero-order valence-electron chi connectivity index (χ0n) is 13.7. The van der Waals surface area contributed by atoms with Gasteiger partial charge in [0.1, 0.15) is 0 Å². The zero-order valence-corrected chi connectivity index (χ0v) is 13.7. The summed E-state index contributed by atoms with van der Waals surface area (Å²) in [4.78, 5) is 14.8. The van der Waals surface area contributed by atoms with Gasteiger partial charge in [-0.05, 0) is 42.0 Å². The van der Waals surface area contributed by atoms with Crippen molar-refractivity contribution in [2.24, 2.45) is 0 Å². The van der Waals surface area contributed by atoms with Crippen LogP contribution in [0.5, 0.6) is 0 Å². The van der Waals surface area contributed by atoms with Crippen LogP contribution in [0.25, 0.3) is 10.8 Å². The van der Waals surface area contributed by atoms with Crippen LogP contribution in [-0.2, 0) is 11.2 Å². The molecule has 1 N–H and O–H groups in total. The van der Waals surface area contributed by atoms with Crippen LogP contribution in [0.15, 0.2) is 42.5 Å². The molecule has 2 unspecified atom stereocenters. The molecule has 3 nitrogen and oxygen atoms in total. The summed E-state index contributed by atoms with van der Waals surface area (Å²) in [5, 5.41) is 6.06. The monoisotopic (exact) mass is 308 g/mol. The fourth-order valence-electron chi connectivity index (χ4n) is 4.28. The number of hydrogen-bond acceptors (Lipinski definition) is 2. The summed E-state index contributed by atoms with van der Waals surface area (Å²) in [6, 6.07) is 16.2. The van der Waals surface area contributed by atoms with E-state index in [9.17, 15) is 4.79 Å². The van der Waals surface area contributed by atoms with E-state index in [1.165, 1.54) is 23.6 Å². The van der Waals surface area contributed by atoms with Crippen LogP contribution < -0.4 is 5.32 Å². The van der Waals surface area contributed by atoms with Gasteiger partial charge in [0.05, 0.1) is 6.42 Å². The first-order valence-corrected chi connectivity index (χ1v) is 8.69. The number of carbonyl (C=O) groups excluding carboxylic acids is 1. The Kier molecular flexibility index (Phi) is 3.82. The van der Waals surface area contributed by atoms with E-state index in [1.54, 1.807) is 0 Å². The molecule has 2 aliphatic heterocycles. The van der Waals surface area contributed by atoms with Gasteiger partial charge >= 0.3 is 0 Å². The molecule has 2 bridgehead atoms. The van der Waals surface area contributed by atoms with Gasteiger partial charge in [0.25, 0.3) is 0 Å². The van der Waals surface area contributed by atoms with E-state index in [4.69, 9.17) is 0 Å². The summed E-state index contributed by atoms with van der Waals surface area (Å²) in [7, 11) is 1.99. The summed E-state index contributed by atoms with van der Waals surface area (Å²) in [6.07, 6.45) is 5.25. The largest absolute Gasteiger partial charge is 0.342 e. The SMILES string of the molecule is CN(C(=O)Cc1cccc2ccccc12)C1CC2CCC(C1)N2. The molecular formula is C20H24N2O. The third kappa shape index (κ3) is 2.86. The number of hydrogen-bond donors (Lipinski definition) is 1. The number of amides is 1. The highest BCUT2D eigenvalue weighted by Crippen LogP contribution is 2.29. The predicted molar refractivity (Wildman–Crippen MR) is 93.4 cm³/mol. The number of fused-ring (bicyclic) bond motifs is 3. The number of likely N-dealkylation sites (N-methyl/N-ethyl adjacent to an activating group) is 1. The van der Waals surface area contributed by atoms with Crippen molar-refractivity contribution in [3.05, 3.63) is 48.0 Å². The van der Waals surface area contributed by atoms with E-state index < -0.39 is 0 Å². The topological polar surface area (TPSA) is 32.3 Å². The Balaban J connectivity index is 1.50. The summed E-state index contributed by atoms with van der Waals surface area (Å²) in [5.41, 5.74) is 1.14. The number of benzene rings is 2. The van der Waals surface area contributed by atoms with Crippen LogP contribution in [0.1, 0.15) is 31.2 Å². The summed E-state index contributed by atoms with van der Waals surface area (Å²) in [5.74, 6) is 0.243. The van der Waals surface area contributed by atoms with E-state index in [0.29, 0.717) is 24.5 Å². The van der Waals surface area contributed by atoms with Crippen LogP contribution in [0, 0.1) is 0 Å². The highest BCUT2D eigenvalue weighted by Gasteiger charge is 2.36. The molecule has 3 heteroatoms. The molecule has 2 aromatic rings. The molecule has 2 saturated heterocycles. The first kappa shape index (κ1) is 14.7. The Bertz CT molecular complexity index is 709. The number of nitrogens with one attached hydrogen (secondary N) is 1. The lowest BCUT2D eigenvalue weighted by atomic mass is 9.97. The lowest BCUT2D eigenvalue weighted by Gasteiger charge is -2.35. The molecule has 0 aromatic heterocycles. The minimum absolute atomic E-state index is 0.243. The molecule has 2 atom stereocenters. The summed E-state index contributed by atoms with van der Waals surface area (Å²) in [6.45, 7) is 0. The lowest BCUT2D eigenvalue weighted by molar-refractivity contribution is -0.131. The Morgan fingerprint density at radius 3 is 2.57 bits per heavy atom. The van der Waals surface area contributed by atoms with Crippen molar-refractivity contribution in [2.75, 3.05) is 7.05 Å². The normalized spacial score (nSPS) is 26.4. The second kappa shape index (κ2) is 5.97. The minimum Gasteiger partial charge on any atom is -0.342 e. The Labute approximate surface area is 137 Å². The average Bonchev–Trinajstić information content (AvgIpc) is 2.92. The van der Waals surface area contributed by atoms with Gasteiger partial charge in [0, 0.05) is 25.2 Å². The van der Waals surface area contributed by atoms with E-state index in [0.717, 1.165) is 18.4 Å². The fraction of sp³-hybridized carbons (Fsp3) is 0.450. The summed E-state index contributed by atoms with van der Waals surface area (Å²) < 4.78 is 0. The second-order valence-electron chi connectivity index (χ2n) is 7.08. The minimum atomic E-state index is 0.243. The quantitative estimate of drug-likeness (QED) is 0.945. The third-order valence-electron chi connectivity index (χ3n) is 5.61. The average molecular weight is 308 g/mol. The van der Waals surface area contributed by atoms with E-state index in [1.807, 2.05) is 24.1 Å². The Hall–Kier alpha value is -1.87. The first-order valence-electron chi connectivity index (χ1n) is 8.69. The molecule has 2 aliphatic rings. The molecule has 4 rings (SSSR count). The molecule has 0 aliphatic carbocycles. The molecule has 1 amide bonds. The molecule has 2 aromatic carbocycles. The molecule has 2 heterocycles. The maximum absolute atomic E-state index is 12.8. The van der Waals surface area contributed by atoms with Crippen molar-refractivity contribution in [3.63, 3.8) is 0 Å². The van der Waals surface area contributed by atoms with Crippen molar-refractivity contribution < 1.29 is 4.79 Å². The van der Waals surface area contributed by atoms with E-state index >= 15 is 0 Å². The van der Waals surface area contributed by atoms with E-state index in [-0.39, 0.29) is 5.91 Å². The second-order valence-corrected chi connectivity index (χ2v) is 7.08. The van der Waals surface area contributed by atoms with Crippen molar-refractivity contribution >= 4 is 16.7 Å². The van der Waals surface area contributed by atoms with Crippen molar-refractivity contribution in [2.45, 2.75) is 50.2 Å². The smallest absolute Gasteiger partial charge is 0.227 e. The van der Waals surface area contributed by atoms with Crippen LogP contribution in [-0.4, -0.2) is 36.0 Å². The Morgan fingerprint density at radius 2 is 1.78 bits per heavy atom. The van der Waals surface area contributed by atoms with Crippen LogP contribution in [0.2, 0.25) is 0 Å². The van der Waals surface area contributed by atoms with E-state index in [2.05, 4.69) is 35.6 Å². The molecule has 120 valence electrons. The van der Waals surface area contributed by atoms with Gasteiger partial charge in [-0.2, -0.15) is 0 Å². The standard InChI is InChI=1S/C20H24N2O/c1-22(18-12-16-9-10-17(13-18)21-16)20(23)11-15-7-4-6-14-5-2-3-8-19(14)15/h2-8,16-18,21H,9-13H2,1H3. The fourth-order valence-corrected chi connectivity index (χ4v) is 4.28. The highest BCUT2D eigenvalue weighted by atomic mass is 16.2. The van der Waals surface area contributed by atoms with Gasteiger partial charge in [-0.15, -0.1) is 0 Å². The maximum atomic E-state index is 12.8. The number of carbonyl (C=O) groups is 1. The molecule has 2 fully saturated rings. The van der Waals surface area contributed by atoms with Gasteiger partial charge in [-0.25, -0.2) is 0 Å². The van der Waals surface area contributed by atoms with Gasteiger partial charge < -0.3 is 10.2 Å². The Morgan fingerprint density at radius 1 is 1.09 bits per heavy atom. The molecular weight excluding hydrogens is 284 g/mol. The number of piperidine rings is 1. The summed E-state index contributed by atoms with van der Waals surface area (Å²) >= 11 is 0. The lowest BCUT2D eigenvalue weighted by Crippen LogP contribution is -2.49. The van der Waals surface area contributed by atoms with Gasteiger partial charge in [-0.1, -0.05) is 42.5 Å². The van der Waals surface area contributed by atoms with Crippen LogP contribution in [0.3, 0.4) is 0 Å². The highest BCUT2D eigenvalue weighted by molar-refractivity contribution is 5.90. The van der Waals surface area contributed by atoms with Gasteiger partial charge in [0.15, 0.2) is 0 Å². The molecule has 23 heavy (non-hydrogen) atoms. The number of nitrogens with zero attached hydrogens (tertiary/aromatic N) is 1. The number of rotatable bonds is 3. The van der Waals surface area contributed by atoms with Gasteiger partial charge in [-0.3, -0.25) is 4.79 Å². The van der Waals surface area contributed by atoms with Crippen molar-refractivity contribution in [1.29, 1.82) is 0 Å². The molecule has 0 radical (unpaired) electrons. The maximum Gasteiger partial charge on any atom is 0.227 e. The zero-order chi connectivity index (χ0) is 15.8. The predicted octanol–water partition coefficient (Wildman–Crippen LogP) is 3.12. The first-order chi connectivity index (χ1) is 11.2. The van der Waals surface area contributed by atoms with Gasteiger partial charge in [0.2, 0.25) is 5.91 Å². The van der Waals surface area contributed by atoms with Crippen LogP contribution in [0.4, 0.5) is 0 Å². The van der Waals surface area contributed by atoms with Crippen LogP contribution >= 0.6 is 0 Å². The molecule has 0 saturated carbocycles. The third-order valence-corrected chi connectivity index (χ3v) is 5.61. The van der Waals surface area contributed by atoms with Crippen molar-refractivity contribution in [1.82, 2.24) is 10.2 Å².